The number of carbonyl (C=O) groups excluding carboxylic acids is 1. The monoisotopic (exact) mass is 367 g/mol. The van der Waals surface area contributed by atoms with Crippen molar-refractivity contribution in [3.8, 4) is 11.3 Å². The fraction of sp³-hybridized carbons (Fsp3) is 0.0769. The Kier molecular flexibility index (Phi) is 4.89. The number of methoxy groups -OCH3 is 1. The van der Waals surface area contributed by atoms with Crippen LogP contribution in [0.3, 0.4) is 0 Å². The summed E-state index contributed by atoms with van der Waals surface area (Å²) in [6.45, 7) is 0. The molecule has 1 heterocycles. The van der Waals surface area contributed by atoms with E-state index in [9.17, 15) is 14.9 Å². The van der Waals surface area contributed by atoms with Crippen molar-refractivity contribution in [3.63, 3.8) is 0 Å². The Morgan fingerprint density at radius 2 is 2.23 bits per heavy atom. The molecule has 0 saturated carbocycles. The van der Waals surface area contributed by atoms with Crippen molar-refractivity contribution in [2.75, 3.05) is 7.11 Å². The van der Waals surface area contributed by atoms with Crippen LogP contribution >= 0.6 is 15.9 Å². The first kappa shape index (κ1) is 15.7. The summed E-state index contributed by atoms with van der Waals surface area (Å²) in [7, 11) is 1.22. The minimum absolute atomic E-state index is 0.0220. The quantitative estimate of drug-likeness (QED) is 0.506. The number of nitrogens with zero attached hydrogens (tertiary/aromatic N) is 2. The van der Waals surface area contributed by atoms with Gasteiger partial charge < -0.3 is 9.15 Å². The molecular formula is C13H10BrN3O5. The molecule has 1 N–H and O–H groups in total. The summed E-state index contributed by atoms with van der Waals surface area (Å²) in [4.78, 5) is 21.0. The van der Waals surface area contributed by atoms with E-state index in [1.165, 1.54) is 25.5 Å². The number of ether oxygens (including phenoxy) is 1. The molecule has 0 radical (unpaired) electrons. The lowest BCUT2D eigenvalue weighted by molar-refractivity contribution is -0.384. The van der Waals surface area contributed by atoms with Crippen LogP contribution in [-0.2, 0) is 4.74 Å². The van der Waals surface area contributed by atoms with Gasteiger partial charge in [0.2, 0.25) is 0 Å². The SMILES string of the molecule is COC(=O)N/N=C\c1ccc(-c2ccc([N+](=O)[O-])cc2Br)o1. The summed E-state index contributed by atoms with van der Waals surface area (Å²) in [6, 6.07) is 7.69. The Bertz CT molecular complexity index is 741. The van der Waals surface area contributed by atoms with E-state index in [2.05, 4.69) is 31.2 Å². The molecule has 0 aliphatic carbocycles. The van der Waals surface area contributed by atoms with Crippen molar-refractivity contribution < 1.29 is 18.9 Å². The van der Waals surface area contributed by atoms with Crippen LogP contribution in [0.1, 0.15) is 5.76 Å². The molecule has 8 nitrogen and oxygen atoms in total. The van der Waals surface area contributed by atoms with E-state index in [0.29, 0.717) is 21.6 Å². The normalized spacial score (nSPS) is 10.6. The van der Waals surface area contributed by atoms with Crippen molar-refractivity contribution in [1.82, 2.24) is 5.43 Å². The van der Waals surface area contributed by atoms with Gasteiger partial charge in [0.25, 0.3) is 5.69 Å². The molecule has 0 unspecified atom stereocenters. The highest BCUT2D eigenvalue weighted by Crippen LogP contribution is 2.32. The van der Waals surface area contributed by atoms with E-state index >= 15 is 0 Å². The molecule has 0 saturated heterocycles. The molecule has 9 heteroatoms. The minimum Gasteiger partial charge on any atom is -0.455 e. The molecule has 2 rings (SSSR count). The zero-order valence-electron chi connectivity index (χ0n) is 11.3. The van der Waals surface area contributed by atoms with E-state index in [4.69, 9.17) is 4.42 Å². The van der Waals surface area contributed by atoms with Crippen LogP contribution in [-0.4, -0.2) is 24.3 Å². The Hall–Kier alpha value is -2.68. The third-order valence-corrected chi connectivity index (χ3v) is 3.24. The van der Waals surface area contributed by atoms with Gasteiger partial charge in [0, 0.05) is 22.2 Å². The maximum absolute atomic E-state index is 10.8. The standard InChI is InChI=1S/C13H10BrN3O5/c1-21-13(18)16-15-7-9-3-5-12(22-9)10-4-2-8(17(19)20)6-11(10)14/h2-7H,1H3,(H,16,18)/b15-7-. The van der Waals surface area contributed by atoms with Gasteiger partial charge in [0.1, 0.15) is 11.5 Å². The van der Waals surface area contributed by atoms with Crippen LogP contribution in [0.15, 0.2) is 44.3 Å². The van der Waals surface area contributed by atoms with Crippen LogP contribution in [0.5, 0.6) is 0 Å². The van der Waals surface area contributed by atoms with Crippen molar-refractivity contribution in [2.24, 2.45) is 5.10 Å². The van der Waals surface area contributed by atoms with Gasteiger partial charge in [-0.15, -0.1) is 0 Å². The summed E-state index contributed by atoms with van der Waals surface area (Å²) in [5.74, 6) is 0.901. The molecule has 0 spiro atoms. The fourth-order valence-corrected chi connectivity index (χ4v) is 2.14. The molecule has 0 aliphatic rings. The fourth-order valence-electron chi connectivity index (χ4n) is 1.58. The third kappa shape index (κ3) is 3.70. The summed E-state index contributed by atoms with van der Waals surface area (Å²) in [6.07, 6.45) is 0.612. The summed E-state index contributed by atoms with van der Waals surface area (Å²) < 4.78 is 10.4. The molecule has 0 bridgehead atoms. The average Bonchev–Trinajstić information content (AvgIpc) is 2.95. The lowest BCUT2D eigenvalue weighted by Gasteiger charge is -2.00. The van der Waals surface area contributed by atoms with Crippen LogP contribution in [0.2, 0.25) is 0 Å². The molecule has 0 aliphatic heterocycles. The van der Waals surface area contributed by atoms with E-state index in [1.807, 2.05) is 0 Å². The summed E-state index contributed by atoms with van der Waals surface area (Å²) in [5, 5.41) is 14.3. The number of benzene rings is 1. The van der Waals surface area contributed by atoms with Crippen molar-refractivity contribution in [2.45, 2.75) is 0 Å². The first-order valence-corrected chi connectivity index (χ1v) is 6.71. The second kappa shape index (κ2) is 6.85. The molecule has 22 heavy (non-hydrogen) atoms. The first-order valence-electron chi connectivity index (χ1n) is 5.92. The van der Waals surface area contributed by atoms with Crippen LogP contribution in [0.25, 0.3) is 11.3 Å². The lowest BCUT2D eigenvalue weighted by atomic mass is 10.1. The Morgan fingerprint density at radius 1 is 1.45 bits per heavy atom. The highest BCUT2D eigenvalue weighted by molar-refractivity contribution is 9.10. The van der Waals surface area contributed by atoms with Gasteiger partial charge in [0.15, 0.2) is 0 Å². The van der Waals surface area contributed by atoms with Gasteiger partial charge in [0.05, 0.1) is 18.2 Å². The predicted octanol–water partition coefficient (Wildman–Crippen LogP) is 3.31. The minimum atomic E-state index is -0.693. The second-order valence-electron chi connectivity index (χ2n) is 3.98. The van der Waals surface area contributed by atoms with E-state index in [1.54, 1.807) is 18.2 Å². The summed E-state index contributed by atoms with van der Waals surface area (Å²) in [5.41, 5.74) is 2.76. The number of rotatable bonds is 4. The van der Waals surface area contributed by atoms with E-state index < -0.39 is 11.0 Å². The Morgan fingerprint density at radius 3 is 2.86 bits per heavy atom. The van der Waals surface area contributed by atoms with Gasteiger partial charge >= 0.3 is 6.09 Å². The number of hydrogen-bond donors (Lipinski definition) is 1. The maximum atomic E-state index is 10.8. The van der Waals surface area contributed by atoms with Crippen molar-refractivity contribution in [3.05, 3.63) is 50.7 Å². The van der Waals surface area contributed by atoms with Crippen molar-refractivity contribution in [1.29, 1.82) is 0 Å². The number of halogens is 1. The second-order valence-corrected chi connectivity index (χ2v) is 4.84. The molecule has 1 aromatic carbocycles. The highest BCUT2D eigenvalue weighted by Gasteiger charge is 2.12. The molecule has 1 aromatic heterocycles. The van der Waals surface area contributed by atoms with Gasteiger partial charge in [-0.05, 0) is 34.1 Å². The molecule has 2 aromatic rings. The van der Waals surface area contributed by atoms with Crippen LogP contribution < -0.4 is 5.43 Å². The highest BCUT2D eigenvalue weighted by atomic mass is 79.9. The maximum Gasteiger partial charge on any atom is 0.427 e. The molecule has 114 valence electrons. The molecule has 0 fully saturated rings. The van der Waals surface area contributed by atoms with Gasteiger partial charge in [-0.1, -0.05) is 0 Å². The molecule has 0 atom stereocenters. The van der Waals surface area contributed by atoms with Crippen LogP contribution in [0.4, 0.5) is 10.5 Å². The van der Waals surface area contributed by atoms with E-state index in [-0.39, 0.29) is 5.69 Å². The number of nitro benzene ring substituents is 1. The Balaban J connectivity index is 2.18. The molecular weight excluding hydrogens is 358 g/mol. The summed E-state index contributed by atoms with van der Waals surface area (Å²) >= 11 is 3.27. The molecule has 1 amide bonds. The van der Waals surface area contributed by atoms with Gasteiger partial charge in [-0.25, -0.2) is 10.2 Å². The number of furan rings is 1. The smallest absolute Gasteiger partial charge is 0.427 e. The number of amides is 1. The number of non-ortho nitro benzene ring substituents is 1. The largest absolute Gasteiger partial charge is 0.455 e. The number of nitro groups is 1. The number of hydrazone groups is 1. The van der Waals surface area contributed by atoms with Gasteiger partial charge in [-0.3, -0.25) is 10.1 Å². The Labute approximate surface area is 133 Å². The lowest BCUT2D eigenvalue weighted by Crippen LogP contribution is -2.16. The van der Waals surface area contributed by atoms with Gasteiger partial charge in [-0.2, -0.15) is 5.10 Å². The predicted molar refractivity (Wildman–Crippen MR) is 81.6 cm³/mol. The number of carbonyl (C=O) groups is 1. The number of hydrogen-bond acceptors (Lipinski definition) is 6. The average molecular weight is 368 g/mol. The van der Waals surface area contributed by atoms with Crippen molar-refractivity contribution >= 4 is 33.9 Å². The van der Waals surface area contributed by atoms with Crippen LogP contribution in [0, 0.1) is 10.1 Å². The first-order chi connectivity index (χ1) is 10.5. The zero-order valence-corrected chi connectivity index (χ0v) is 12.9. The van der Waals surface area contributed by atoms with E-state index in [0.717, 1.165) is 0 Å². The number of nitrogens with one attached hydrogen (secondary N) is 1. The zero-order chi connectivity index (χ0) is 16.1. The third-order valence-electron chi connectivity index (χ3n) is 2.59. The topological polar surface area (TPSA) is 107 Å².